The highest BCUT2D eigenvalue weighted by Gasteiger charge is 2.28. The van der Waals surface area contributed by atoms with E-state index < -0.39 is 0 Å². The molecular weight excluding hydrogens is 240 g/mol. The predicted octanol–water partition coefficient (Wildman–Crippen LogP) is 2.49. The SMILES string of the molecule is CC1(NC(=O)COc2ccc(N)cc2)CCCCC1. The van der Waals surface area contributed by atoms with Crippen molar-refractivity contribution in [2.45, 2.75) is 44.6 Å². The van der Waals surface area contributed by atoms with Crippen LogP contribution in [0.1, 0.15) is 39.0 Å². The van der Waals surface area contributed by atoms with Crippen molar-refractivity contribution in [3.63, 3.8) is 0 Å². The van der Waals surface area contributed by atoms with Crippen LogP contribution in [-0.4, -0.2) is 18.1 Å². The first-order chi connectivity index (χ1) is 9.07. The van der Waals surface area contributed by atoms with Gasteiger partial charge in [0.2, 0.25) is 0 Å². The quantitative estimate of drug-likeness (QED) is 0.819. The molecule has 19 heavy (non-hydrogen) atoms. The van der Waals surface area contributed by atoms with E-state index in [-0.39, 0.29) is 18.1 Å². The van der Waals surface area contributed by atoms with E-state index in [1.807, 2.05) is 0 Å². The van der Waals surface area contributed by atoms with Crippen molar-refractivity contribution < 1.29 is 9.53 Å². The summed E-state index contributed by atoms with van der Waals surface area (Å²) in [6.45, 7) is 2.17. The fourth-order valence-corrected chi connectivity index (χ4v) is 2.54. The molecule has 1 amide bonds. The van der Waals surface area contributed by atoms with Crippen LogP contribution in [0.4, 0.5) is 5.69 Å². The highest BCUT2D eigenvalue weighted by atomic mass is 16.5. The van der Waals surface area contributed by atoms with E-state index >= 15 is 0 Å². The van der Waals surface area contributed by atoms with Gasteiger partial charge >= 0.3 is 0 Å². The van der Waals surface area contributed by atoms with Gasteiger partial charge in [-0.3, -0.25) is 4.79 Å². The molecule has 1 aromatic rings. The van der Waals surface area contributed by atoms with Crippen LogP contribution < -0.4 is 15.8 Å². The highest BCUT2D eigenvalue weighted by molar-refractivity contribution is 5.78. The number of nitrogens with one attached hydrogen (secondary N) is 1. The maximum absolute atomic E-state index is 11.9. The Morgan fingerprint density at radius 2 is 1.89 bits per heavy atom. The smallest absolute Gasteiger partial charge is 0.258 e. The van der Waals surface area contributed by atoms with E-state index in [0.717, 1.165) is 12.8 Å². The Kier molecular flexibility index (Phi) is 4.30. The molecule has 0 aliphatic heterocycles. The van der Waals surface area contributed by atoms with Gasteiger partial charge in [-0.1, -0.05) is 19.3 Å². The first-order valence-corrected chi connectivity index (χ1v) is 6.87. The van der Waals surface area contributed by atoms with Crippen molar-refractivity contribution >= 4 is 11.6 Å². The predicted molar refractivity (Wildman–Crippen MR) is 76.0 cm³/mol. The van der Waals surface area contributed by atoms with Gasteiger partial charge in [0, 0.05) is 11.2 Å². The maximum atomic E-state index is 11.9. The summed E-state index contributed by atoms with van der Waals surface area (Å²) in [5.74, 6) is 0.611. The lowest BCUT2D eigenvalue weighted by molar-refractivity contribution is -0.125. The lowest BCUT2D eigenvalue weighted by atomic mass is 9.83. The number of ether oxygens (including phenoxy) is 1. The molecule has 0 saturated heterocycles. The standard InChI is InChI=1S/C15H22N2O2/c1-15(9-3-2-4-10-15)17-14(18)11-19-13-7-5-12(16)6-8-13/h5-8H,2-4,9-11,16H2,1H3,(H,17,18). The molecule has 1 aliphatic rings. The van der Waals surface area contributed by atoms with Gasteiger partial charge in [-0.25, -0.2) is 0 Å². The first kappa shape index (κ1) is 13.7. The third kappa shape index (κ3) is 4.16. The molecule has 0 bridgehead atoms. The molecule has 0 unspecified atom stereocenters. The fourth-order valence-electron chi connectivity index (χ4n) is 2.54. The van der Waals surface area contributed by atoms with Crippen LogP contribution in [0.3, 0.4) is 0 Å². The number of benzene rings is 1. The molecule has 2 rings (SSSR count). The molecule has 4 heteroatoms. The molecule has 1 fully saturated rings. The van der Waals surface area contributed by atoms with Gasteiger partial charge in [-0.15, -0.1) is 0 Å². The second kappa shape index (κ2) is 5.95. The fraction of sp³-hybridized carbons (Fsp3) is 0.533. The summed E-state index contributed by atoms with van der Waals surface area (Å²) in [5.41, 5.74) is 6.22. The van der Waals surface area contributed by atoms with Crippen LogP contribution in [0.2, 0.25) is 0 Å². The van der Waals surface area contributed by atoms with Gasteiger partial charge < -0.3 is 15.8 Å². The zero-order valence-corrected chi connectivity index (χ0v) is 11.4. The summed E-state index contributed by atoms with van der Waals surface area (Å²) >= 11 is 0. The first-order valence-electron chi connectivity index (χ1n) is 6.87. The van der Waals surface area contributed by atoms with Gasteiger partial charge in [-0.05, 0) is 44.0 Å². The number of hydrogen-bond acceptors (Lipinski definition) is 3. The molecule has 3 N–H and O–H groups in total. The van der Waals surface area contributed by atoms with Gasteiger partial charge in [0.05, 0.1) is 0 Å². The molecule has 0 spiro atoms. The number of carbonyl (C=O) groups is 1. The minimum absolute atomic E-state index is 0.0544. The lowest BCUT2D eigenvalue weighted by Crippen LogP contribution is -2.48. The Balaban J connectivity index is 1.79. The molecule has 4 nitrogen and oxygen atoms in total. The third-order valence-electron chi connectivity index (χ3n) is 3.65. The Morgan fingerprint density at radius 3 is 2.53 bits per heavy atom. The van der Waals surface area contributed by atoms with E-state index in [1.54, 1.807) is 24.3 Å². The van der Waals surface area contributed by atoms with E-state index in [0.29, 0.717) is 11.4 Å². The molecule has 0 aromatic heterocycles. The molecule has 1 aliphatic carbocycles. The molecule has 0 radical (unpaired) electrons. The minimum Gasteiger partial charge on any atom is -0.484 e. The van der Waals surface area contributed by atoms with Crippen LogP contribution in [0.25, 0.3) is 0 Å². The van der Waals surface area contributed by atoms with Crippen LogP contribution >= 0.6 is 0 Å². The molecule has 1 saturated carbocycles. The summed E-state index contributed by atoms with van der Waals surface area (Å²) in [7, 11) is 0. The van der Waals surface area contributed by atoms with Crippen molar-refractivity contribution in [3.05, 3.63) is 24.3 Å². The number of carbonyl (C=O) groups excluding carboxylic acids is 1. The number of amides is 1. The normalized spacial score (nSPS) is 17.7. The molecule has 104 valence electrons. The van der Waals surface area contributed by atoms with E-state index in [2.05, 4.69) is 12.2 Å². The van der Waals surface area contributed by atoms with Gasteiger partial charge in [-0.2, -0.15) is 0 Å². The van der Waals surface area contributed by atoms with Gasteiger partial charge in [0.1, 0.15) is 5.75 Å². The summed E-state index contributed by atoms with van der Waals surface area (Å²) < 4.78 is 5.44. The maximum Gasteiger partial charge on any atom is 0.258 e. The average Bonchev–Trinajstić information content (AvgIpc) is 2.38. The highest BCUT2D eigenvalue weighted by Crippen LogP contribution is 2.27. The molecule has 0 atom stereocenters. The zero-order valence-electron chi connectivity index (χ0n) is 11.4. The number of anilines is 1. The summed E-state index contributed by atoms with van der Waals surface area (Å²) in [5, 5.41) is 3.09. The monoisotopic (exact) mass is 262 g/mol. The summed E-state index contributed by atoms with van der Waals surface area (Å²) in [6.07, 6.45) is 5.76. The number of hydrogen-bond donors (Lipinski definition) is 2. The summed E-state index contributed by atoms with van der Waals surface area (Å²) in [4.78, 5) is 11.9. The van der Waals surface area contributed by atoms with Crippen LogP contribution in [-0.2, 0) is 4.79 Å². The van der Waals surface area contributed by atoms with Crippen LogP contribution in [0, 0.1) is 0 Å². The average molecular weight is 262 g/mol. The zero-order chi connectivity index (χ0) is 13.7. The second-order valence-corrected chi connectivity index (χ2v) is 5.53. The third-order valence-corrected chi connectivity index (χ3v) is 3.65. The molecular formula is C15H22N2O2. The van der Waals surface area contributed by atoms with Crippen LogP contribution in [0.15, 0.2) is 24.3 Å². The van der Waals surface area contributed by atoms with Crippen molar-refractivity contribution in [3.8, 4) is 5.75 Å². The van der Waals surface area contributed by atoms with E-state index in [9.17, 15) is 4.79 Å². The molecule has 1 aromatic carbocycles. The minimum atomic E-state index is -0.0557. The van der Waals surface area contributed by atoms with Crippen molar-refractivity contribution in [2.24, 2.45) is 0 Å². The second-order valence-electron chi connectivity index (χ2n) is 5.53. The lowest BCUT2D eigenvalue weighted by Gasteiger charge is -2.34. The topological polar surface area (TPSA) is 64.3 Å². The molecule has 0 heterocycles. The largest absolute Gasteiger partial charge is 0.484 e. The number of nitrogen functional groups attached to an aromatic ring is 1. The van der Waals surface area contributed by atoms with E-state index in [4.69, 9.17) is 10.5 Å². The van der Waals surface area contributed by atoms with Crippen molar-refractivity contribution in [1.29, 1.82) is 0 Å². The van der Waals surface area contributed by atoms with Gasteiger partial charge in [0.25, 0.3) is 5.91 Å². The number of nitrogens with two attached hydrogens (primary N) is 1. The Morgan fingerprint density at radius 1 is 1.26 bits per heavy atom. The van der Waals surface area contributed by atoms with Crippen molar-refractivity contribution in [2.75, 3.05) is 12.3 Å². The van der Waals surface area contributed by atoms with Crippen LogP contribution in [0.5, 0.6) is 5.75 Å². The summed E-state index contributed by atoms with van der Waals surface area (Å²) in [6, 6.07) is 7.06. The Labute approximate surface area is 114 Å². The number of rotatable bonds is 4. The van der Waals surface area contributed by atoms with Crippen molar-refractivity contribution in [1.82, 2.24) is 5.32 Å². The Bertz CT molecular complexity index is 422. The van der Waals surface area contributed by atoms with E-state index in [1.165, 1.54) is 19.3 Å². The Hall–Kier alpha value is -1.71. The van der Waals surface area contributed by atoms with Gasteiger partial charge in [0.15, 0.2) is 6.61 Å².